The SMILES string of the molecule is O=C1Cc2cnc(NCCc3ccccc3F)nc2-c2ccccc2N1. The maximum absolute atomic E-state index is 13.7. The molecule has 0 atom stereocenters. The summed E-state index contributed by atoms with van der Waals surface area (Å²) in [5.41, 5.74) is 3.78. The van der Waals surface area contributed by atoms with E-state index in [4.69, 9.17) is 0 Å². The molecule has 2 aromatic carbocycles. The first kappa shape index (κ1) is 16.2. The molecule has 130 valence electrons. The average Bonchev–Trinajstić information content (AvgIpc) is 2.78. The summed E-state index contributed by atoms with van der Waals surface area (Å²) in [7, 11) is 0. The molecule has 26 heavy (non-hydrogen) atoms. The van der Waals surface area contributed by atoms with Crippen molar-refractivity contribution in [1.29, 1.82) is 0 Å². The monoisotopic (exact) mass is 348 g/mol. The zero-order valence-corrected chi connectivity index (χ0v) is 14.0. The van der Waals surface area contributed by atoms with Gasteiger partial charge in [-0.3, -0.25) is 4.79 Å². The van der Waals surface area contributed by atoms with Crippen molar-refractivity contribution in [1.82, 2.24) is 9.97 Å². The van der Waals surface area contributed by atoms with Gasteiger partial charge in [0, 0.05) is 23.9 Å². The number of aromatic nitrogens is 2. The van der Waals surface area contributed by atoms with Gasteiger partial charge in [-0.2, -0.15) is 0 Å². The number of benzene rings is 2. The lowest BCUT2D eigenvalue weighted by atomic mass is 10.1. The lowest BCUT2D eigenvalue weighted by Crippen LogP contribution is -2.13. The van der Waals surface area contributed by atoms with Crippen LogP contribution in [0.25, 0.3) is 11.3 Å². The van der Waals surface area contributed by atoms with Gasteiger partial charge < -0.3 is 10.6 Å². The Bertz CT molecular complexity index is 974. The summed E-state index contributed by atoms with van der Waals surface area (Å²) >= 11 is 0. The molecule has 0 unspecified atom stereocenters. The number of nitrogens with one attached hydrogen (secondary N) is 2. The van der Waals surface area contributed by atoms with Crippen molar-refractivity contribution in [2.75, 3.05) is 17.2 Å². The topological polar surface area (TPSA) is 66.9 Å². The summed E-state index contributed by atoms with van der Waals surface area (Å²) < 4.78 is 13.7. The van der Waals surface area contributed by atoms with Gasteiger partial charge in [0.25, 0.3) is 0 Å². The van der Waals surface area contributed by atoms with E-state index in [0.717, 1.165) is 22.5 Å². The standard InChI is InChI=1S/C20H17FN4O/c21-16-7-3-1-5-13(16)9-10-22-20-23-12-14-11-18(26)24-17-8-4-2-6-15(17)19(14)25-20/h1-8,12H,9-11H2,(H,24,26)(H,22,23,25). The van der Waals surface area contributed by atoms with E-state index in [9.17, 15) is 9.18 Å². The summed E-state index contributed by atoms with van der Waals surface area (Å²) in [4.78, 5) is 20.9. The molecule has 5 nitrogen and oxygen atoms in total. The molecule has 1 aliphatic rings. The van der Waals surface area contributed by atoms with E-state index in [1.807, 2.05) is 30.3 Å². The number of rotatable bonds is 4. The molecule has 1 aromatic heterocycles. The first-order chi connectivity index (χ1) is 12.7. The van der Waals surface area contributed by atoms with Gasteiger partial charge in [-0.25, -0.2) is 14.4 Å². The first-order valence-corrected chi connectivity index (χ1v) is 8.43. The maximum atomic E-state index is 13.7. The number of carbonyl (C=O) groups excluding carboxylic acids is 1. The summed E-state index contributed by atoms with van der Waals surface area (Å²) in [6, 6.07) is 14.3. The van der Waals surface area contributed by atoms with Crippen LogP contribution in [0.5, 0.6) is 0 Å². The number of halogens is 1. The fourth-order valence-corrected chi connectivity index (χ4v) is 3.03. The van der Waals surface area contributed by atoms with Crippen molar-refractivity contribution in [3.63, 3.8) is 0 Å². The largest absolute Gasteiger partial charge is 0.354 e. The fraction of sp³-hybridized carbons (Fsp3) is 0.150. The molecule has 0 saturated carbocycles. The molecular formula is C20H17FN4O. The molecule has 0 fully saturated rings. The van der Waals surface area contributed by atoms with Crippen molar-refractivity contribution in [3.05, 3.63) is 71.7 Å². The van der Waals surface area contributed by atoms with Crippen LogP contribution in [0.1, 0.15) is 11.1 Å². The molecular weight excluding hydrogens is 331 g/mol. The molecule has 3 aromatic rings. The molecule has 0 bridgehead atoms. The lowest BCUT2D eigenvalue weighted by Gasteiger charge is -2.10. The minimum Gasteiger partial charge on any atom is -0.354 e. The minimum atomic E-state index is -0.212. The Labute approximate surface area is 150 Å². The third-order valence-corrected chi connectivity index (χ3v) is 4.31. The van der Waals surface area contributed by atoms with Crippen molar-refractivity contribution >= 4 is 17.5 Å². The highest BCUT2D eigenvalue weighted by Gasteiger charge is 2.20. The predicted molar refractivity (Wildman–Crippen MR) is 98.4 cm³/mol. The van der Waals surface area contributed by atoms with Gasteiger partial charge in [-0.1, -0.05) is 36.4 Å². The Morgan fingerprint density at radius 1 is 1.12 bits per heavy atom. The highest BCUT2D eigenvalue weighted by atomic mass is 19.1. The highest BCUT2D eigenvalue weighted by molar-refractivity contribution is 5.99. The first-order valence-electron chi connectivity index (χ1n) is 8.43. The Morgan fingerprint density at radius 3 is 2.81 bits per heavy atom. The van der Waals surface area contributed by atoms with Crippen LogP contribution >= 0.6 is 0 Å². The van der Waals surface area contributed by atoms with Crippen LogP contribution < -0.4 is 10.6 Å². The molecule has 0 radical (unpaired) electrons. The predicted octanol–water partition coefficient (Wildman–Crippen LogP) is 3.43. The molecule has 2 N–H and O–H groups in total. The second-order valence-corrected chi connectivity index (χ2v) is 6.11. The van der Waals surface area contributed by atoms with Crippen LogP contribution in [0.3, 0.4) is 0 Å². The van der Waals surface area contributed by atoms with E-state index in [1.165, 1.54) is 6.07 Å². The fourth-order valence-electron chi connectivity index (χ4n) is 3.03. The Balaban J connectivity index is 1.57. The maximum Gasteiger partial charge on any atom is 0.228 e. The smallest absolute Gasteiger partial charge is 0.228 e. The third kappa shape index (κ3) is 3.26. The van der Waals surface area contributed by atoms with E-state index in [0.29, 0.717) is 24.5 Å². The lowest BCUT2D eigenvalue weighted by molar-refractivity contribution is -0.115. The summed E-state index contributed by atoms with van der Waals surface area (Å²) in [5, 5.41) is 6.03. The molecule has 1 amide bonds. The van der Waals surface area contributed by atoms with E-state index in [-0.39, 0.29) is 18.1 Å². The van der Waals surface area contributed by atoms with Crippen LogP contribution in [0.2, 0.25) is 0 Å². The molecule has 0 spiro atoms. The number of fused-ring (bicyclic) bond motifs is 3. The summed E-state index contributed by atoms with van der Waals surface area (Å²) in [6.07, 6.45) is 2.44. The van der Waals surface area contributed by atoms with Crippen LogP contribution in [-0.4, -0.2) is 22.4 Å². The molecule has 4 rings (SSSR count). The molecule has 6 heteroatoms. The van der Waals surface area contributed by atoms with E-state index in [1.54, 1.807) is 18.3 Å². The van der Waals surface area contributed by atoms with Gasteiger partial charge >= 0.3 is 0 Å². The van der Waals surface area contributed by atoms with Gasteiger partial charge in [-0.15, -0.1) is 0 Å². The second-order valence-electron chi connectivity index (χ2n) is 6.11. The van der Waals surface area contributed by atoms with Crippen LogP contribution in [0.15, 0.2) is 54.7 Å². The average molecular weight is 348 g/mol. The van der Waals surface area contributed by atoms with E-state index in [2.05, 4.69) is 20.6 Å². The van der Waals surface area contributed by atoms with Gasteiger partial charge in [0.15, 0.2) is 0 Å². The van der Waals surface area contributed by atoms with E-state index >= 15 is 0 Å². The Morgan fingerprint density at radius 2 is 1.92 bits per heavy atom. The van der Waals surface area contributed by atoms with Crippen molar-refractivity contribution in [3.8, 4) is 11.3 Å². The molecule has 2 heterocycles. The van der Waals surface area contributed by atoms with E-state index < -0.39 is 0 Å². The van der Waals surface area contributed by atoms with Crippen molar-refractivity contribution in [2.45, 2.75) is 12.8 Å². The Hall–Kier alpha value is -3.28. The van der Waals surface area contributed by atoms with Gasteiger partial charge in [0.05, 0.1) is 17.8 Å². The van der Waals surface area contributed by atoms with Crippen LogP contribution in [0.4, 0.5) is 16.0 Å². The number of hydrogen-bond acceptors (Lipinski definition) is 4. The summed E-state index contributed by atoms with van der Waals surface area (Å²) in [6.45, 7) is 0.512. The van der Waals surface area contributed by atoms with Gasteiger partial charge in [-0.05, 0) is 24.1 Å². The van der Waals surface area contributed by atoms with Crippen LogP contribution in [-0.2, 0) is 17.6 Å². The zero-order chi connectivity index (χ0) is 17.9. The number of amides is 1. The third-order valence-electron chi connectivity index (χ3n) is 4.31. The summed E-state index contributed by atoms with van der Waals surface area (Å²) in [5.74, 6) is 0.167. The number of nitrogens with zero attached hydrogens (tertiary/aromatic N) is 2. The van der Waals surface area contributed by atoms with Crippen molar-refractivity contribution in [2.24, 2.45) is 0 Å². The molecule has 0 aliphatic carbocycles. The number of hydrogen-bond donors (Lipinski definition) is 2. The highest BCUT2D eigenvalue weighted by Crippen LogP contribution is 2.32. The normalized spacial score (nSPS) is 12.6. The zero-order valence-electron chi connectivity index (χ0n) is 14.0. The Kier molecular flexibility index (Phi) is 4.31. The van der Waals surface area contributed by atoms with Gasteiger partial charge in [0.2, 0.25) is 11.9 Å². The van der Waals surface area contributed by atoms with Crippen LogP contribution in [0, 0.1) is 5.82 Å². The quantitative estimate of drug-likeness (QED) is 0.758. The minimum absolute atomic E-state index is 0.0833. The van der Waals surface area contributed by atoms with Crippen molar-refractivity contribution < 1.29 is 9.18 Å². The second kappa shape index (κ2) is 6.92. The van der Waals surface area contributed by atoms with Gasteiger partial charge in [0.1, 0.15) is 5.82 Å². The number of carbonyl (C=O) groups is 1. The molecule has 1 aliphatic heterocycles. The molecule has 0 saturated heterocycles. The number of para-hydroxylation sites is 1. The number of anilines is 2.